The highest BCUT2D eigenvalue weighted by molar-refractivity contribution is 6.39. The van der Waals surface area contributed by atoms with E-state index in [2.05, 4.69) is 17.1 Å². The van der Waals surface area contributed by atoms with Crippen LogP contribution in [0.1, 0.15) is 26.7 Å². The molecule has 1 aromatic carbocycles. The van der Waals surface area contributed by atoms with Crippen molar-refractivity contribution in [2.24, 2.45) is 0 Å². The number of hydrogen-bond donors (Lipinski definition) is 1. The molecule has 0 unspecified atom stereocenters. The van der Waals surface area contributed by atoms with E-state index in [0.717, 1.165) is 25.9 Å². The summed E-state index contributed by atoms with van der Waals surface area (Å²) in [6, 6.07) is 5.16. The van der Waals surface area contributed by atoms with Crippen LogP contribution in [-0.2, 0) is 4.79 Å². The normalized spacial score (nSPS) is 10.8. The molecule has 0 spiro atoms. The molecule has 0 heterocycles. The van der Waals surface area contributed by atoms with E-state index >= 15 is 0 Å². The summed E-state index contributed by atoms with van der Waals surface area (Å²) in [5, 5.41) is 3.69. The van der Waals surface area contributed by atoms with E-state index in [1.165, 1.54) is 0 Å². The quantitative estimate of drug-likeness (QED) is 0.824. The first-order chi connectivity index (χ1) is 9.08. The van der Waals surface area contributed by atoms with Crippen LogP contribution in [-0.4, -0.2) is 30.4 Å². The number of para-hydroxylation sites is 1. The minimum absolute atomic E-state index is 0.0899. The Balaban J connectivity index is 2.59. The zero-order valence-electron chi connectivity index (χ0n) is 11.4. The van der Waals surface area contributed by atoms with E-state index < -0.39 is 0 Å². The molecular formula is C14H20Cl2N2O. The minimum atomic E-state index is -0.0899. The lowest BCUT2D eigenvalue weighted by Gasteiger charge is -2.19. The Hall–Kier alpha value is -0.770. The van der Waals surface area contributed by atoms with Gasteiger partial charge in [-0.3, -0.25) is 9.69 Å². The van der Waals surface area contributed by atoms with Gasteiger partial charge in [-0.2, -0.15) is 0 Å². The second-order valence-corrected chi connectivity index (χ2v) is 5.18. The molecule has 0 fully saturated rings. The van der Waals surface area contributed by atoms with Crippen LogP contribution < -0.4 is 5.32 Å². The second kappa shape index (κ2) is 8.41. The van der Waals surface area contributed by atoms with Crippen molar-refractivity contribution in [3.8, 4) is 0 Å². The molecule has 0 aliphatic carbocycles. The molecule has 1 amide bonds. The third-order valence-corrected chi connectivity index (χ3v) is 3.50. The Bertz CT molecular complexity index is 404. The zero-order valence-corrected chi connectivity index (χ0v) is 12.9. The summed E-state index contributed by atoms with van der Waals surface area (Å²) in [5.74, 6) is -0.0899. The molecule has 5 heteroatoms. The van der Waals surface area contributed by atoms with E-state index in [4.69, 9.17) is 23.2 Å². The lowest BCUT2D eigenvalue weighted by molar-refractivity contribution is -0.117. The van der Waals surface area contributed by atoms with Crippen molar-refractivity contribution in [2.75, 3.05) is 25.0 Å². The largest absolute Gasteiger partial charge is 0.322 e. The summed E-state index contributed by atoms with van der Waals surface area (Å²) < 4.78 is 0. The van der Waals surface area contributed by atoms with Gasteiger partial charge in [0.15, 0.2) is 0 Å². The van der Waals surface area contributed by atoms with Crippen molar-refractivity contribution in [3.63, 3.8) is 0 Å². The summed E-state index contributed by atoms with van der Waals surface area (Å²) in [6.07, 6.45) is 2.21. The number of carbonyl (C=O) groups is 1. The number of anilines is 1. The highest BCUT2D eigenvalue weighted by Crippen LogP contribution is 2.29. The van der Waals surface area contributed by atoms with Crippen molar-refractivity contribution in [2.45, 2.75) is 26.7 Å². The van der Waals surface area contributed by atoms with Crippen LogP contribution in [0.3, 0.4) is 0 Å². The maximum Gasteiger partial charge on any atom is 0.238 e. The topological polar surface area (TPSA) is 32.3 Å². The predicted octanol–water partition coefficient (Wildman–Crippen LogP) is 4.05. The van der Waals surface area contributed by atoms with Crippen LogP contribution in [0.5, 0.6) is 0 Å². The molecular weight excluding hydrogens is 283 g/mol. The van der Waals surface area contributed by atoms with Gasteiger partial charge in [-0.1, -0.05) is 49.5 Å². The lowest BCUT2D eigenvalue weighted by atomic mass is 10.3. The van der Waals surface area contributed by atoms with E-state index in [1.807, 2.05) is 6.92 Å². The molecule has 0 saturated heterocycles. The van der Waals surface area contributed by atoms with Gasteiger partial charge in [-0.25, -0.2) is 0 Å². The average Bonchev–Trinajstić information content (AvgIpc) is 2.39. The maximum atomic E-state index is 12.0. The van der Waals surface area contributed by atoms with Crippen LogP contribution in [0.2, 0.25) is 10.0 Å². The first-order valence-electron chi connectivity index (χ1n) is 6.54. The Labute approximate surface area is 124 Å². The maximum absolute atomic E-state index is 12.0. The number of hydrogen-bond acceptors (Lipinski definition) is 2. The molecule has 0 bridgehead atoms. The molecule has 3 nitrogen and oxygen atoms in total. The first-order valence-corrected chi connectivity index (χ1v) is 7.30. The van der Waals surface area contributed by atoms with Crippen LogP contribution in [0.15, 0.2) is 18.2 Å². The van der Waals surface area contributed by atoms with Gasteiger partial charge in [0.25, 0.3) is 0 Å². The van der Waals surface area contributed by atoms with Crippen LogP contribution >= 0.6 is 23.2 Å². The molecule has 0 radical (unpaired) electrons. The minimum Gasteiger partial charge on any atom is -0.322 e. The smallest absolute Gasteiger partial charge is 0.238 e. The van der Waals surface area contributed by atoms with E-state index in [0.29, 0.717) is 22.3 Å². The molecule has 19 heavy (non-hydrogen) atoms. The van der Waals surface area contributed by atoms with Gasteiger partial charge >= 0.3 is 0 Å². The Morgan fingerprint density at radius 2 is 1.89 bits per heavy atom. The highest BCUT2D eigenvalue weighted by Gasteiger charge is 2.12. The average molecular weight is 303 g/mol. The summed E-state index contributed by atoms with van der Waals surface area (Å²) in [5.41, 5.74) is 0.488. The number of carbonyl (C=O) groups excluding carboxylic acids is 1. The standard InChI is InChI=1S/C14H20Cl2N2O/c1-3-5-9-18(4-2)10-13(19)17-14-11(15)7-6-8-12(14)16/h6-8H,3-5,9-10H2,1-2H3,(H,17,19). The fourth-order valence-corrected chi connectivity index (χ4v) is 2.22. The van der Waals surface area contributed by atoms with E-state index in [1.54, 1.807) is 18.2 Å². The van der Waals surface area contributed by atoms with Gasteiger partial charge < -0.3 is 5.32 Å². The molecule has 0 aliphatic heterocycles. The molecule has 106 valence electrons. The van der Waals surface area contributed by atoms with Gasteiger partial charge in [0.2, 0.25) is 5.91 Å². The number of unbranched alkanes of at least 4 members (excludes halogenated alkanes) is 1. The van der Waals surface area contributed by atoms with Crippen molar-refractivity contribution < 1.29 is 4.79 Å². The number of benzene rings is 1. The fourth-order valence-electron chi connectivity index (χ4n) is 1.73. The molecule has 0 atom stereocenters. The molecule has 1 N–H and O–H groups in total. The third-order valence-electron chi connectivity index (χ3n) is 2.87. The van der Waals surface area contributed by atoms with Gasteiger partial charge in [0.1, 0.15) is 0 Å². The van der Waals surface area contributed by atoms with Gasteiger partial charge in [0.05, 0.1) is 22.3 Å². The Morgan fingerprint density at radius 3 is 2.42 bits per heavy atom. The monoisotopic (exact) mass is 302 g/mol. The highest BCUT2D eigenvalue weighted by atomic mass is 35.5. The summed E-state index contributed by atoms with van der Waals surface area (Å²) in [7, 11) is 0. The number of halogens is 2. The summed E-state index contributed by atoms with van der Waals surface area (Å²) >= 11 is 12.0. The molecule has 0 aliphatic rings. The summed E-state index contributed by atoms with van der Waals surface area (Å²) in [6.45, 7) is 6.32. The number of nitrogens with one attached hydrogen (secondary N) is 1. The number of amides is 1. The van der Waals surface area contributed by atoms with Crippen molar-refractivity contribution in [1.29, 1.82) is 0 Å². The van der Waals surface area contributed by atoms with Crippen molar-refractivity contribution >= 4 is 34.8 Å². The number of rotatable bonds is 7. The molecule has 1 rings (SSSR count). The predicted molar refractivity (Wildman–Crippen MR) is 82.1 cm³/mol. The zero-order chi connectivity index (χ0) is 14.3. The third kappa shape index (κ3) is 5.39. The Morgan fingerprint density at radius 1 is 1.26 bits per heavy atom. The fraction of sp³-hybridized carbons (Fsp3) is 0.500. The summed E-state index contributed by atoms with van der Waals surface area (Å²) in [4.78, 5) is 14.1. The number of likely N-dealkylation sites (N-methyl/N-ethyl adjacent to an activating group) is 1. The van der Waals surface area contributed by atoms with Crippen molar-refractivity contribution in [3.05, 3.63) is 28.2 Å². The van der Waals surface area contributed by atoms with E-state index in [-0.39, 0.29) is 5.91 Å². The lowest BCUT2D eigenvalue weighted by Crippen LogP contribution is -2.34. The second-order valence-electron chi connectivity index (χ2n) is 4.37. The first kappa shape index (κ1) is 16.3. The van der Waals surface area contributed by atoms with Crippen molar-refractivity contribution in [1.82, 2.24) is 4.90 Å². The molecule has 0 saturated carbocycles. The number of nitrogens with zero attached hydrogens (tertiary/aromatic N) is 1. The van der Waals surface area contributed by atoms with Gasteiger partial charge in [0, 0.05) is 0 Å². The van der Waals surface area contributed by atoms with Crippen LogP contribution in [0.25, 0.3) is 0 Å². The van der Waals surface area contributed by atoms with Gasteiger partial charge in [-0.15, -0.1) is 0 Å². The van der Waals surface area contributed by atoms with Crippen LogP contribution in [0.4, 0.5) is 5.69 Å². The van der Waals surface area contributed by atoms with E-state index in [9.17, 15) is 4.79 Å². The molecule has 0 aromatic heterocycles. The van der Waals surface area contributed by atoms with Gasteiger partial charge in [-0.05, 0) is 31.6 Å². The molecule has 1 aromatic rings. The van der Waals surface area contributed by atoms with Crippen LogP contribution in [0, 0.1) is 0 Å². The Kier molecular flexibility index (Phi) is 7.21. The SMILES string of the molecule is CCCCN(CC)CC(=O)Nc1c(Cl)cccc1Cl.